The van der Waals surface area contributed by atoms with Crippen molar-refractivity contribution in [3.05, 3.63) is 71.2 Å². The molecular formula is C21H22FN2O2S+. The summed E-state index contributed by atoms with van der Waals surface area (Å²) < 4.78 is 18.7. The van der Waals surface area contributed by atoms with E-state index < -0.39 is 0 Å². The lowest BCUT2D eigenvalue weighted by Gasteiger charge is -2.23. The van der Waals surface area contributed by atoms with E-state index in [1.54, 1.807) is 18.4 Å². The van der Waals surface area contributed by atoms with Crippen LogP contribution in [0, 0.1) is 5.82 Å². The van der Waals surface area contributed by atoms with E-state index in [1.807, 2.05) is 24.3 Å². The van der Waals surface area contributed by atoms with Gasteiger partial charge in [0.15, 0.2) is 11.8 Å². The molecule has 1 aliphatic heterocycles. The summed E-state index contributed by atoms with van der Waals surface area (Å²) in [4.78, 5) is 15.7. The highest BCUT2D eigenvalue weighted by Gasteiger charge is 2.30. The molecule has 3 aromatic rings. The summed E-state index contributed by atoms with van der Waals surface area (Å²) in [6.45, 7) is 2.76. The SMILES string of the molecule is O=C(NC[C@@H](c1ccco1)[NH+]1CCCC1)c1ccc(-c2ccc(F)cc2)s1. The summed E-state index contributed by atoms with van der Waals surface area (Å²) in [5.41, 5.74) is 0.912. The van der Waals surface area contributed by atoms with Crippen LogP contribution in [-0.2, 0) is 0 Å². The molecule has 1 amide bonds. The van der Waals surface area contributed by atoms with Gasteiger partial charge in [0.2, 0.25) is 0 Å². The van der Waals surface area contributed by atoms with E-state index in [-0.39, 0.29) is 17.8 Å². The zero-order chi connectivity index (χ0) is 18.6. The number of benzene rings is 1. The van der Waals surface area contributed by atoms with Gasteiger partial charge in [0.1, 0.15) is 5.82 Å². The Hall–Kier alpha value is -2.44. The standard InChI is InChI=1S/C21H21FN2O2S/c22-16-7-5-15(6-8-16)19-9-10-20(27-19)21(25)23-14-17(18-4-3-13-26-18)24-11-1-2-12-24/h3-10,13,17H,1-2,11-12,14H2,(H,23,25)/p+1/t17-/m0/s1. The number of hydrogen-bond acceptors (Lipinski definition) is 3. The molecule has 1 aliphatic rings. The smallest absolute Gasteiger partial charge is 0.261 e. The van der Waals surface area contributed by atoms with Gasteiger partial charge in [-0.05, 0) is 42.0 Å². The van der Waals surface area contributed by atoms with Crippen molar-refractivity contribution in [2.75, 3.05) is 19.6 Å². The van der Waals surface area contributed by atoms with Gasteiger partial charge in [-0.3, -0.25) is 4.79 Å². The fourth-order valence-corrected chi connectivity index (χ4v) is 4.55. The third kappa shape index (κ3) is 4.12. The second kappa shape index (κ2) is 8.06. The zero-order valence-corrected chi connectivity index (χ0v) is 15.7. The van der Waals surface area contributed by atoms with Gasteiger partial charge < -0.3 is 14.6 Å². The Labute approximate surface area is 161 Å². The first kappa shape index (κ1) is 17.9. The number of furan rings is 1. The maximum Gasteiger partial charge on any atom is 0.261 e. The largest absolute Gasteiger partial charge is 0.463 e. The number of carbonyl (C=O) groups is 1. The maximum absolute atomic E-state index is 13.1. The van der Waals surface area contributed by atoms with Gasteiger partial charge >= 0.3 is 0 Å². The van der Waals surface area contributed by atoms with Crippen LogP contribution >= 0.6 is 11.3 Å². The minimum atomic E-state index is -0.262. The number of rotatable bonds is 6. The molecule has 2 aromatic heterocycles. The first-order valence-electron chi connectivity index (χ1n) is 9.22. The van der Waals surface area contributed by atoms with Crippen molar-refractivity contribution >= 4 is 17.2 Å². The van der Waals surface area contributed by atoms with Crippen molar-refractivity contribution in [3.8, 4) is 10.4 Å². The van der Waals surface area contributed by atoms with Gasteiger partial charge in [0.25, 0.3) is 5.91 Å². The summed E-state index contributed by atoms with van der Waals surface area (Å²) in [5.74, 6) is 0.579. The highest BCUT2D eigenvalue weighted by molar-refractivity contribution is 7.17. The van der Waals surface area contributed by atoms with Crippen LogP contribution in [0.1, 0.15) is 34.3 Å². The highest BCUT2D eigenvalue weighted by Crippen LogP contribution is 2.28. The third-order valence-electron chi connectivity index (χ3n) is 5.05. The van der Waals surface area contributed by atoms with Crippen molar-refractivity contribution in [1.82, 2.24) is 5.32 Å². The Balaban J connectivity index is 1.43. The van der Waals surface area contributed by atoms with Crippen LogP contribution in [0.25, 0.3) is 10.4 Å². The second-order valence-electron chi connectivity index (χ2n) is 6.81. The van der Waals surface area contributed by atoms with Gasteiger partial charge in [0.05, 0.1) is 30.8 Å². The molecule has 1 atom stereocenters. The van der Waals surface area contributed by atoms with Crippen molar-refractivity contribution in [1.29, 1.82) is 0 Å². The molecule has 1 fully saturated rings. The number of thiophene rings is 1. The molecule has 27 heavy (non-hydrogen) atoms. The monoisotopic (exact) mass is 385 g/mol. The van der Waals surface area contributed by atoms with Crippen LogP contribution in [0.15, 0.2) is 59.2 Å². The molecule has 1 saturated heterocycles. The van der Waals surface area contributed by atoms with Crippen LogP contribution in [0.2, 0.25) is 0 Å². The van der Waals surface area contributed by atoms with Gasteiger partial charge in [0, 0.05) is 17.7 Å². The van der Waals surface area contributed by atoms with Crippen molar-refractivity contribution in [3.63, 3.8) is 0 Å². The number of halogens is 1. The van der Waals surface area contributed by atoms with E-state index in [9.17, 15) is 9.18 Å². The average molecular weight is 385 g/mol. The van der Waals surface area contributed by atoms with Crippen LogP contribution in [-0.4, -0.2) is 25.5 Å². The molecule has 6 heteroatoms. The molecule has 0 bridgehead atoms. The van der Waals surface area contributed by atoms with Gasteiger partial charge in [-0.15, -0.1) is 11.3 Å². The Morgan fingerprint density at radius 3 is 2.63 bits per heavy atom. The molecule has 0 spiro atoms. The highest BCUT2D eigenvalue weighted by atomic mass is 32.1. The molecular weight excluding hydrogens is 363 g/mol. The quantitative estimate of drug-likeness (QED) is 0.684. The minimum Gasteiger partial charge on any atom is -0.463 e. The Kier molecular flexibility index (Phi) is 5.36. The lowest BCUT2D eigenvalue weighted by atomic mass is 10.2. The first-order chi connectivity index (χ1) is 13.2. The fraction of sp³-hybridized carbons (Fsp3) is 0.286. The number of nitrogens with one attached hydrogen (secondary N) is 2. The molecule has 4 nitrogen and oxygen atoms in total. The van der Waals surface area contributed by atoms with Crippen LogP contribution < -0.4 is 10.2 Å². The Morgan fingerprint density at radius 2 is 1.93 bits per heavy atom. The van der Waals surface area contributed by atoms with Crippen LogP contribution in [0.5, 0.6) is 0 Å². The summed E-state index contributed by atoms with van der Waals surface area (Å²) in [6.07, 6.45) is 4.12. The Bertz CT molecular complexity index is 883. The van der Waals surface area contributed by atoms with E-state index in [0.717, 1.165) is 29.3 Å². The lowest BCUT2D eigenvalue weighted by Crippen LogP contribution is -3.11. The summed E-state index contributed by atoms with van der Waals surface area (Å²) in [7, 11) is 0. The lowest BCUT2D eigenvalue weighted by molar-refractivity contribution is -0.919. The van der Waals surface area contributed by atoms with Crippen molar-refractivity contribution in [2.24, 2.45) is 0 Å². The molecule has 0 aliphatic carbocycles. The van der Waals surface area contributed by atoms with Gasteiger partial charge in [-0.1, -0.05) is 12.1 Å². The van der Waals surface area contributed by atoms with Crippen LogP contribution in [0.3, 0.4) is 0 Å². The summed E-state index contributed by atoms with van der Waals surface area (Å²) >= 11 is 1.42. The van der Waals surface area contributed by atoms with Crippen molar-refractivity contribution in [2.45, 2.75) is 18.9 Å². The zero-order valence-electron chi connectivity index (χ0n) is 14.9. The molecule has 2 N–H and O–H groups in total. The molecule has 0 saturated carbocycles. The molecule has 1 aromatic carbocycles. The topological polar surface area (TPSA) is 46.7 Å². The number of quaternary nitrogens is 1. The number of carbonyl (C=O) groups excluding carboxylic acids is 1. The molecule has 140 valence electrons. The maximum atomic E-state index is 13.1. The molecule has 4 rings (SSSR count). The third-order valence-corrected chi connectivity index (χ3v) is 6.18. The predicted octanol–water partition coefficient (Wildman–Crippen LogP) is 3.30. The van der Waals surface area contributed by atoms with Gasteiger partial charge in [-0.2, -0.15) is 0 Å². The van der Waals surface area contributed by atoms with Gasteiger partial charge in [-0.25, -0.2) is 4.39 Å². The predicted molar refractivity (Wildman–Crippen MR) is 103 cm³/mol. The summed E-state index contributed by atoms with van der Waals surface area (Å²) in [6, 6.07) is 14.1. The van der Waals surface area contributed by atoms with E-state index in [0.29, 0.717) is 11.4 Å². The van der Waals surface area contributed by atoms with E-state index in [1.165, 1.54) is 41.2 Å². The van der Waals surface area contributed by atoms with E-state index in [4.69, 9.17) is 4.42 Å². The average Bonchev–Trinajstić information content (AvgIpc) is 3.44. The number of amides is 1. The molecule has 0 unspecified atom stereocenters. The normalized spacial score (nSPS) is 15.7. The molecule has 3 heterocycles. The van der Waals surface area contributed by atoms with Crippen molar-refractivity contribution < 1.29 is 18.5 Å². The first-order valence-corrected chi connectivity index (χ1v) is 10.0. The van der Waals surface area contributed by atoms with E-state index in [2.05, 4.69) is 5.32 Å². The minimum absolute atomic E-state index is 0.0801. The second-order valence-corrected chi connectivity index (χ2v) is 7.90. The number of likely N-dealkylation sites (tertiary alicyclic amines) is 1. The Morgan fingerprint density at radius 1 is 1.15 bits per heavy atom. The number of hydrogen-bond donors (Lipinski definition) is 2. The fourth-order valence-electron chi connectivity index (χ4n) is 3.62. The van der Waals surface area contributed by atoms with E-state index >= 15 is 0 Å². The van der Waals surface area contributed by atoms with Crippen LogP contribution in [0.4, 0.5) is 4.39 Å². The summed E-state index contributed by atoms with van der Waals surface area (Å²) in [5, 5.41) is 3.07. The molecule has 0 radical (unpaired) electrons.